The molecule has 0 aromatic heterocycles. The Labute approximate surface area is 77.5 Å². The van der Waals surface area contributed by atoms with Gasteiger partial charge in [-0.3, -0.25) is 4.79 Å². The van der Waals surface area contributed by atoms with Gasteiger partial charge in [0.1, 0.15) is 6.61 Å². The molecule has 4 nitrogen and oxygen atoms in total. The van der Waals surface area contributed by atoms with E-state index >= 15 is 0 Å². The lowest BCUT2D eigenvalue weighted by atomic mass is 10.3. The van der Waals surface area contributed by atoms with Gasteiger partial charge in [-0.2, -0.15) is 0 Å². The summed E-state index contributed by atoms with van der Waals surface area (Å²) in [6.07, 6.45) is 1.57. The molecule has 0 rings (SSSR count). The predicted octanol–water partition coefficient (Wildman–Crippen LogP) is 1.06. The Morgan fingerprint density at radius 2 is 1.92 bits per heavy atom. The monoisotopic (exact) mass is 186 g/mol. The van der Waals surface area contributed by atoms with Crippen molar-refractivity contribution >= 4 is 11.9 Å². The molecular formula is C9H14O4. The van der Waals surface area contributed by atoms with Crippen molar-refractivity contribution in [2.24, 2.45) is 0 Å². The van der Waals surface area contributed by atoms with Crippen LogP contribution in [-0.4, -0.2) is 25.2 Å². The third-order valence-corrected chi connectivity index (χ3v) is 1.32. The van der Waals surface area contributed by atoms with Gasteiger partial charge in [-0.15, -0.1) is 0 Å². The summed E-state index contributed by atoms with van der Waals surface area (Å²) < 4.78 is 9.38. The molecule has 0 aromatic carbocycles. The zero-order valence-electron chi connectivity index (χ0n) is 8.12. The maximum atomic E-state index is 11.1. The summed E-state index contributed by atoms with van der Waals surface area (Å²) in [5.41, 5.74) is 0.358. The number of hydrogen-bond donors (Lipinski definition) is 0. The van der Waals surface area contributed by atoms with E-state index in [0.29, 0.717) is 12.2 Å². The molecule has 0 saturated heterocycles. The Morgan fingerprint density at radius 3 is 2.31 bits per heavy atom. The minimum Gasteiger partial charge on any atom is -0.463 e. The van der Waals surface area contributed by atoms with E-state index in [9.17, 15) is 9.59 Å². The summed E-state index contributed by atoms with van der Waals surface area (Å²) in [5.74, 6) is -0.852. The molecule has 0 saturated carbocycles. The first-order chi connectivity index (χ1) is 6.11. The lowest BCUT2D eigenvalue weighted by Gasteiger charge is -2.05. The first kappa shape index (κ1) is 11.7. The van der Waals surface area contributed by atoms with E-state index in [0.717, 1.165) is 0 Å². The number of carbonyl (C=O) groups is 2. The van der Waals surface area contributed by atoms with Gasteiger partial charge in [-0.25, -0.2) is 4.79 Å². The third-order valence-electron chi connectivity index (χ3n) is 1.32. The summed E-state index contributed by atoms with van der Waals surface area (Å²) in [6.45, 7) is 4.99. The molecule has 0 aliphatic heterocycles. The van der Waals surface area contributed by atoms with Gasteiger partial charge in [0.15, 0.2) is 0 Å². The smallest absolute Gasteiger partial charge is 0.337 e. The summed E-state index contributed by atoms with van der Waals surface area (Å²) >= 11 is 0. The Hall–Kier alpha value is -1.32. The number of esters is 2. The highest BCUT2D eigenvalue weighted by Gasteiger charge is 2.10. The van der Waals surface area contributed by atoms with Gasteiger partial charge in [0.05, 0.1) is 12.2 Å². The van der Waals surface area contributed by atoms with Crippen molar-refractivity contribution in [3.63, 3.8) is 0 Å². The van der Waals surface area contributed by atoms with E-state index in [1.165, 1.54) is 6.92 Å². The highest BCUT2D eigenvalue weighted by Crippen LogP contribution is 1.99. The third kappa shape index (κ3) is 5.00. The summed E-state index contributed by atoms with van der Waals surface area (Å²) in [7, 11) is 0. The quantitative estimate of drug-likeness (QED) is 0.486. The molecule has 4 heteroatoms. The van der Waals surface area contributed by atoms with Gasteiger partial charge in [0.2, 0.25) is 0 Å². The van der Waals surface area contributed by atoms with Crippen LogP contribution in [0.3, 0.4) is 0 Å². The molecule has 74 valence electrons. The van der Waals surface area contributed by atoms with E-state index < -0.39 is 11.9 Å². The second kappa shape index (κ2) is 6.22. The molecule has 0 aromatic rings. The number of carbonyl (C=O) groups excluding carboxylic acids is 2. The molecule has 0 spiro atoms. The molecule has 0 N–H and O–H groups in total. The maximum absolute atomic E-state index is 11.1. The average molecular weight is 186 g/mol. The number of allylic oxidation sites excluding steroid dienone is 1. The van der Waals surface area contributed by atoms with Gasteiger partial charge in [0.25, 0.3) is 0 Å². The summed E-state index contributed by atoms with van der Waals surface area (Å²) in [4.78, 5) is 21.5. The molecule has 0 fully saturated rings. The van der Waals surface area contributed by atoms with Crippen LogP contribution in [0.4, 0.5) is 0 Å². The lowest BCUT2D eigenvalue weighted by molar-refractivity contribution is -0.142. The standard InChI is InChI=1S/C9H14O4/c1-4-8(6-13-7(3)10)9(11)12-5-2/h4H,5-6H2,1-3H3/b8-4+. The fourth-order valence-corrected chi connectivity index (χ4v) is 0.663. The van der Waals surface area contributed by atoms with Crippen molar-refractivity contribution in [2.75, 3.05) is 13.2 Å². The van der Waals surface area contributed by atoms with Gasteiger partial charge in [-0.05, 0) is 13.8 Å². The van der Waals surface area contributed by atoms with Crippen molar-refractivity contribution in [3.8, 4) is 0 Å². The number of rotatable bonds is 4. The molecule has 0 aliphatic rings. The minimum absolute atomic E-state index is 0.0231. The van der Waals surface area contributed by atoms with E-state index in [1.54, 1.807) is 19.9 Å². The van der Waals surface area contributed by atoms with Crippen LogP contribution in [0.2, 0.25) is 0 Å². The molecule has 0 amide bonds. The van der Waals surface area contributed by atoms with Gasteiger partial charge < -0.3 is 9.47 Å². The number of ether oxygens (including phenoxy) is 2. The Bertz CT molecular complexity index is 218. The molecule has 0 aliphatic carbocycles. The number of hydrogen-bond acceptors (Lipinski definition) is 4. The molecule has 0 bridgehead atoms. The first-order valence-electron chi connectivity index (χ1n) is 4.07. The summed E-state index contributed by atoms with van der Waals surface area (Å²) in [6, 6.07) is 0. The largest absolute Gasteiger partial charge is 0.463 e. The van der Waals surface area contributed by atoms with Crippen LogP contribution in [0, 0.1) is 0 Å². The first-order valence-corrected chi connectivity index (χ1v) is 4.07. The van der Waals surface area contributed by atoms with Crippen molar-refractivity contribution in [1.29, 1.82) is 0 Å². The normalized spacial score (nSPS) is 10.8. The second-order valence-corrected chi connectivity index (χ2v) is 2.31. The Balaban J connectivity index is 4.04. The molecule has 0 unspecified atom stereocenters. The average Bonchev–Trinajstić information content (AvgIpc) is 2.05. The zero-order chi connectivity index (χ0) is 10.3. The fourth-order valence-electron chi connectivity index (χ4n) is 0.663. The van der Waals surface area contributed by atoms with Crippen LogP contribution >= 0.6 is 0 Å². The van der Waals surface area contributed by atoms with E-state index in [4.69, 9.17) is 4.74 Å². The van der Waals surface area contributed by atoms with Crippen LogP contribution in [-0.2, 0) is 19.1 Å². The van der Waals surface area contributed by atoms with Crippen LogP contribution in [0.25, 0.3) is 0 Å². The van der Waals surface area contributed by atoms with Crippen LogP contribution in [0.15, 0.2) is 11.6 Å². The van der Waals surface area contributed by atoms with Crippen LogP contribution < -0.4 is 0 Å². The van der Waals surface area contributed by atoms with Crippen molar-refractivity contribution in [2.45, 2.75) is 20.8 Å². The Morgan fingerprint density at radius 1 is 1.31 bits per heavy atom. The highest BCUT2D eigenvalue weighted by atomic mass is 16.5. The van der Waals surface area contributed by atoms with Crippen molar-refractivity contribution in [3.05, 3.63) is 11.6 Å². The maximum Gasteiger partial charge on any atom is 0.337 e. The van der Waals surface area contributed by atoms with Crippen LogP contribution in [0.5, 0.6) is 0 Å². The zero-order valence-corrected chi connectivity index (χ0v) is 8.12. The van der Waals surface area contributed by atoms with Crippen molar-refractivity contribution in [1.82, 2.24) is 0 Å². The highest BCUT2D eigenvalue weighted by molar-refractivity contribution is 5.89. The minimum atomic E-state index is -0.439. The van der Waals surface area contributed by atoms with Gasteiger partial charge in [0, 0.05) is 6.92 Å². The van der Waals surface area contributed by atoms with Crippen molar-refractivity contribution < 1.29 is 19.1 Å². The molecule has 0 radical (unpaired) electrons. The van der Waals surface area contributed by atoms with Gasteiger partial charge in [-0.1, -0.05) is 6.08 Å². The molecular weight excluding hydrogens is 172 g/mol. The topological polar surface area (TPSA) is 52.6 Å². The Kier molecular flexibility index (Phi) is 5.59. The SMILES string of the molecule is C/C=C(\COC(C)=O)C(=O)OCC. The fraction of sp³-hybridized carbons (Fsp3) is 0.556. The molecule has 0 atom stereocenters. The van der Waals surface area contributed by atoms with E-state index in [-0.39, 0.29) is 6.61 Å². The summed E-state index contributed by atoms with van der Waals surface area (Å²) in [5, 5.41) is 0. The predicted molar refractivity (Wildman–Crippen MR) is 47.0 cm³/mol. The van der Waals surface area contributed by atoms with E-state index in [2.05, 4.69) is 4.74 Å². The van der Waals surface area contributed by atoms with E-state index in [1.807, 2.05) is 0 Å². The second-order valence-electron chi connectivity index (χ2n) is 2.31. The van der Waals surface area contributed by atoms with Gasteiger partial charge >= 0.3 is 11.9 Å². The molecule has 13 heavy (non-hydrogen) atoms. The van der Waals surface area contributed by atoms with Crippen LogP contribution in [0.1, 0.15) is 20.8 Å². The lowest BCUT2D eigenvalue weighted by Crippen LogP contribution is -2.14. The molecule has 0 heterocycles.